The molecule has 11 nitrogen and oxygen atoms in total. The van der Waals surface area contributed by atoms with Crippen molar-refractivity contribution >= 4 is 39.9 Å². The van der Waals surface area contributed by atoms with Crippen molar-refractivity contribution in [3.8, 4) is 28.3 Å². The third-order valence-electron chi connectivity index (χ3n) is 11.3. The molecule has 2 aliphatic heterocycles. The van der Waals surface area contributed by atoms with Crippen molar-refractivity contribution in [1.29, 1.82) is 0 Å². The van der Waals surface area contributed by atoms with E-state index in [1.165, 1.54) is 14.1 Å². The maximum atomic E-state index is 14.0. The van der Waals surface area contributed by atoms with Crippen LogP contribution in [0.4, 0.5) is 24.7 Å². The van der Waals surface area contributed by atoms with Gasteiger partial charge in [-0.3, -0.25) is 23.6 Å². The molecule has 1 amide bonds. The maximum Gasteiger partial charge on any atom is 0.433 e. The number of methoxy groups -OCH3 is 1. The van der Waals surface area contributed by atoms with Gasteiger partial charge in [-0.1, -0.05) is 41.9 Å². The summed E-state index contributed by atoms with van der Waals surface area (Å²) < 4.78 is 49.8. The Kier molecular flexibility index (Phi) is 8.60. The van der Waals surface area contributed by atoms with Gasteiger partial charge in [0.1, 0.15) is 16.9 Å². The summed E-state index contributed by atoms with van der Waals surface area (Å²) in [4.78, 5) is 49.2. The van der Waals surface area contributed by atoms with Crippen molar-refractivity contribution < 1.29 is 22.7 Å². The van der Waals surface area contributed by atoms with E-state index in [0.717, 1.165) is 59.0 Å². The number of benzene rings is 2. The predicted octanol–water partition coefficient (Wildman–Crippen LogP) is 6.44. The molecule has 280 valence electrons. The first-order valence-electron chi connectivity index (χ1n) is 17.7. The largest absolute Gasteiger partial charge is 0.481 e. The lowest BCUT2D eigenvalue weighted by molar-refractivity contribution is -0.141. The Morgan fingerprint density at radius 1 is 0.981 bits per heavy atom. The van der Waals surface area contributed by atoms with Crippen LogP contribution in [0.5, 0.6) is 5.88 Å². The van der Waals surface area contributed by atoms with Gasteiger partial charge in [0.2, 0.25) is 11.8 Å². The number of alkyl halides is 3. The Morgan fingerprint density at radius 3 is 2.44 bits per heavy atom. The molecule has 3 aliphatic rings. The van der Waals surface area contributed by atoms with Gasteiger partial charge in [0.05, 0.1) is 28.9 Å². The van der Waals surface area contributed by atoms with Crippen LogP contribution in [0, 0.1) is 6.92 Å². The number of hydrogen-bond acceptors (Lipinski definition) is 8. The third-order valence-corrected chi connectivity index (χ3v) is 11.7. The maximum absolute atomic E-state index is 14.0. The number of ether oxygens (including phenoxy) is 1. The van der Waals surface area contributed by atoms with Crippen LogP contribution in [-0.2, 0) is 31.5 Å². The lowest BCUT2D eigenvalue weighted by Crippen LogP contribution is -2.44. The van der Waals surface area contributed by atoms with Crippen molar-refractivity contribution in [2.24, 2.45) is 14.1 Å². The van der Waals surface area contributed by atoms with E-state index in [1.807, 2.05) is 24.3 Å². The van der Waals surface area contributed by atoms with Crippen LogP contribution in [0.3, 0.4) is 0 Å². The first-order valence-corrected chi connectivity index (χ1v) is 18.0. The van der Waals surface area contributed by atoms with Gasteiger partial charge in [0.15, 0.2) is 0 Å². The SMILES string of the molecule is COc1nc(-c2cccc(-c3cccc(Nc4nc(C(F)(F)F)cc5c4c(=O)n(C)c(=O)n5C)c3C)c2Cl)cc2c1[C@@H](N1CC[C@]3(CCC(=O)N3)C1)CC2. The number of nitrogens with one attached hydrogen (secondary N) is 2. The molecule has 2 atom stereocenters. The molecular weight excluding hydrogens is 723 g/mol. The zero-order chi connectivity index (χ0) is 38.3. The average molecular weight is 760 g/mol. The van der Waals surface area contributed by atoms with Crippen molar-refractivity contribution in [2.45, 2.75) is 56.8 Å². The Hall–Kier alpha value is -5.21. The van der Waals surface area contributed by atoms with Crippen molar-refractivity contribution in [1.82, 2.24) is 29.3 Å². The summed E-state index contributed by atoms with van der Waals surface area (Å²) in [6.45, 7) is 3.47. The molecule has 5 aromatic rings. The Bertz CT molecular complexity index is 2520. The van der Waals surface area contributed by atoms with E-state index in [1.54, 1.807) is 26.2 Å². The Labute approximate surface area is 312 Å². The van der Waals surface area contributed by atoms with Gasteiger partial charge in [0.25, 0.3) is 5.56 Å². The molecule has 2 fully saturated rings. The first kappa shape index (κ1) is 35.8. The first-order chi connectivity index (χ1) is 25.7. The van der Waals surface area contributed by atoms with Crippen LogP contribution in [0.2, 0.25) is 5.02 Å². The highest BCUT2D eigenvalue weighted by molar-refractivity contribution is 6.36. The number of amides is 1. The average Bonchev–Trinajstić information content (AvgIpc) is 3.87. The number of carbonyl (C=O) groups is 1. The number of anilines is 2. The van der Waals surface area contributed by atoms with Crippen LogP contribution in [0.1, 0.15) is 54.1 Å². The number of carbonyl (C=O) groups excluding carboxylic acids is 1. The molecule has 54 heavy (non-hydrogen) atoms. The number of halogens is 4. The van der Waals surface area contributed by atoms with E-state index < -0.39 is 23.1 Å². The van der Waals surface area contributed by atoms with E-state index in [-0.39, 0.29) is 34.2 Å². The molecule has 0 unspecified atom stereocenters. The van der Waals surface area contributed by atoms with Gasteiger partial charge in [0, 0.05) is 62.0 Å². The summed E-state index contributed by atoms with van der Waals surface area (Å²) in [7, 11) is 4.18. The molecule has 1 aliphatic carbocycles. The van der Waals surface area contributed by atoms with Gasteiger partial charge in [-0.25, -0.2) is 14.8 Å². The van der Waals surface area contributed by atoms with Crippen LogP contribution in [0.25, 0.3) is 33.3 Å². The smallest absolute Gasteiger partial charge is 0.433 e. The Morgan fingerprint density at radius 2 is 1.72 bits per heavy atom. The van der Waals surface area contributed by atoms with E-state index in [9.17, 15) is 27.6 Å². The number of aromatic nitrogens is 4. The molecule has 3 aromatic heterocycles. The highest BCUT2D eigenvalue weighted by atomic mass is 35.5. The second kappa shape index (κ2) is 13.0. The van der Waals surface area contributed by atoms with E-state index in [0.29, 0.717) is 57.0 Å². The molecule has 15 heteroatoms. The predicted molar refractivity (Wildman–Crippen MR) is 199 cm³/mol. The fourth-order valence-electron chi connectivity index (χ4n) is 8.44. The summed E-state index contributed by atoms with van der Waals surface area (Å²) in [5.41, 5.74) is 2.75. The second-order valence-electron chi connectivity index (χ2n) is 14.4. The zero-order valence-electron chi connectivity index (χ0n) is 30.0. The fraction of sp³-hybridized carbons (Fsp3) is 0.359. The summed E-state index contributed by atoms with van der Waals surface area (Å²) in [5, 5.41) is 6.45. The molecular formula is C39H37ClF3N7O4. The summed E-state index contributed by atoms with van der Waals surface area (Å²) in [6, 6.07) is 13.8. The molecule has 8 rings (SSSR count). The van der Waals surface area contributed by atoms with Crippen LogP contribution in [-0.4, -0.2) is 55.6 Å². The zero-order valence-corrected chi connectivity index (χ0v) is 30.8. The lowest BCUT2D eigenvalue weighted by atomic mass is 9.96. The molecule has 2 aromatic carbocycles. The monoisotopic (exact) mass is 759 g/mol. The van der Waals surface area contributed by atoms with Crippen LogP contribution >= 0.6 is 11.6 Å². The molecule has 2 N–H and O–H groups in total. The number of hydrogen-bond donors (Lipinski definition) is 2. The number of aryl methyl sites for hydroxylation is 2. The third kappa shape index (κ3) is 5.82. The van der Waals surface area contributed by atoms with E-state index in [2.05, 4.69) is 26.6 Å². The molecule has 1 spiro atoms. The van der Waals surface area contributed by atoms with Crippen molar-refractivity contribution in [2.75, 3.05) is 25.5 Å². The number of rotatable bonds is 6. The molecule has 0 saturated carbocycles. The molecule has 5 heterocycles. The minimum atomic E-state index is -4.84. The minimum absolute atomic E-state index is 0.118. The van der Waals surface area contributed by atoms with Crippen molar-refractivity contribution in [3.05, 3.63) is 96.8 Å². The van der Waals surface area contributed by atoms with Gasteiger partial charge < -0.3 is 15.4 Å². The highest BCUT2D eigenvalue weighted by Crippen LogP contribution is 2.47. The van der Waals surface area contributed by atoms with Crippen LogP contribution in [0.15, 0.2) is 58.1 Å². The number of fused-ring (bicyclic) bond motifs is 2. The number of pyridine rings is 2. The number of nitrogens with zero attached hydrogens (tertiary/aromatic N) is 5. The van der Waals surface area contributed by atoms with Gasteiger partial charge >= 0.3 is 11.9 Å². The normalized spacial score (nSPS) is 19.9. The number of likely N-dealkylation sites (tertiary alicyclic amines) is 1. The van der Waals surface area contributed by atoms with Crippen LogP contribution < -0.4 is 26.6 Å². The standard InChI is InChI=1S/C39H37ClF3N7O4/c1-20-22(7-6-10-25(20)44-34-32-28(18-29(46-34)39(41,42)43)48(2)37(53)49(3)36(32)52)23-8-5-9-24(33(23)40)26-17-21-11-12-27(31(21)35(45-26)54-4)50-16-15-38(19-50)14-13-30(51)47-38/h5-10,17-18,27H,11-16,19H2,1-4H3,(H,44,46)(H,47,51)/t27-,38+/m0/s1. The fourth-order valence-corrected chi connectivity index (χ4v) is 8.77. The lowest BCUT2D eigenvalue weighted by Gasteiger charge is -2.28. The van der Waals surface area contributed by atoms with Gasteiger partial charge in [-0.05, 0) is 67.5 Å². The van der Waals surface area contributed by atoms with E-state index in [4.69, 9.17) is 21.3 Å². The molecule has 2 saturated heterocycles. The molecule has 0 bridgehead atoms. The summed E-state index contributed by atoms with van der Waals surface area (Å²) >= 11 is 7.18. The Balaban J connectivity index is 1.15. The topological polar surface area (TPSA) is 123 Å². The second-order valence-corrected chi connectivity index (χ2v) is 14.8. The quantitative estimate of drug-likeness (QED) is 0.203. The summed E-state index contributed by atoms with van der Waals surface area (Å²) in [5.74, 6) is 0.322. The minimum Gasteiger partial charge on any atom is -0.481 e. The molecule has 0 radical (unpaired) electrons. The highest BCUT2D eigenvalue weighted by Gasteiger charge is 2.46. The van der Waals surface area contributed by atoms with E-state index >= 15 is 0 Å². The van der Waals surface area contributed by atoms with Gasteiger partial charge in [-0.2, -0.15) is 13.2 Å². The summed E-state index contributed by atoms with van der Waals surface area (Å²) in [6.07, 6.45) is -0.757. The van der Waals surface area contributed by atoms with Gasteiger partial charge in [-0.15, -0.1) is 0 Å². The van der Waals surface area contributed by atoms with Crippen molar-refractivity contribution in [3.63, 3.8) is 0 Å².